The minimum Gasteiger partial charge on any atom is -0.466 e. The van der Waals surface area contributed by atoms with Gasteiger partial charge in [-0.25, -0.2) is 0 Å². The first-order valence-electron chi connectivity index (χ1n) is 35.2. The van der Waals surface area contributed by atoms with Crippen molar-refractivity contribution in [3.05, 3.63) is 36.5 Å². The van der Waals surface area contributed by atoms with E-state index in [9.17, 15) is 19.8 Å². The number of nitrogens with one attached hydrogen (secondary N) is 1. The van der Waals surface area contributed by atoms with Crippen molar-refractivity contribution in [2.24, 2.45) is 0 Å². The maximum absolute atomic E-state index is 12.5. The van der Waals surface area contributed by atoms with E-state index in [1.807, 2.05) is 0 Å². The van der Waals surface area contributed by atoms with Crippen LogP contribution in [-0.2, 0) is 14.3 Å². The molecule has 0 radical (unpaired) electrons. The summed E-state index contributed by atoms with van der Waals surface area (Å²) in [4.78, 5) is 24.6. The van der Waals surface area contributed by atoms with Crippen LogP contribution in [0.25, 0.3) is 0 Å². The Morgan fingerprint density at radius 3 is 0.987 bits per heavy atom. The van der Waals surface area contributed by atoms with Gasteiger partial charge in [-0.1, -0.05) is 326 Å². The van der Waals surface area contributed by atoms with E-state index in [2.05, 4.69) is 55.6 Å². The predicted octanol–water partition coefficient (Wildman–Crippen LogP) is 22.7. The molecule has 0 bridgehead atoms. The summed E-state index contributed by atoms with van der Waals surface area (Å²) >= 11 is 0. The third-order valence-corrected chi connectivity index (χ3v) is 16.4. The highest BCUT2D eigenvalue weighted by atomic mass is 16.5. The minimum atomic E-state index is -0.670. The van der Waals surface area contributed by atoms with E-state index in [-0.39, 0.29) is 18.5 Å². The van der Waals surface area contributed by atoms with Crippen molar-refractivity contribution in [3.8, 4) is 0 Å². The van der Waals surface area contributed by atoms with Crippen LogP contribution in [0, 0.1) is 0 Å². The van der Waals surface area contributed by atoms with Crippen molar-refractivity contribution in [2.75, 3.05) is 13.2 Å². The van der Waals surface area contributed by atoms with Gasteiger partial charge in [-0.2, -0.15) is 0 Å². The van der Waals surface area contributed by atoms with Gasteiger partial charge in [0.1, 0.15) is 0 Å². The Kier molecular flexibility index (Phi) is 65.9. The first kappa shape index (κ1) is 76.1. The van der Waals surface area contributed by atoms with Crippen LogP contribution >= 0.6 is 0 Å². The Hall–Kier alpha value is -1.92. The molecule has 0 aliphatic heterocycles. The molecule has 0 aliphatic carbocycles. The first-order chi connectivity index (χ1) is 38.5. The van der Waals surface area contributed by atoms with Gasteiger partial charge in [-0.05, 0) is 83.5 Å². The molecule has 0 aromatic heterocycles. The molecule has 2 atom stereocenters. The number of ether oxygens (including phenoxy) is 1. The minimum absolute atomic E-state index is 0.00163. The standard InChI is InChI=1S/C72H137NO5/c1-3-5-7-9-11-13-15-17-19-20-21-27-30-33-37-40-44-48-52-56-60-64-70(75)69(68-74)73-71(76)65-61-57-53-49-45-41-38-34-31-28-25-23-22-24-26-29-32-35-39-43-47-51-55-59-63-67-78-72(77)66-62-58-54-50-46-42-36-18-16-14-12-10-8-6-4-2/h18,23-26,36,69-70,74-75H,3-17,19-22,27-35,37-68H2,1-2H3,(H,73,76)/b25-23-,26-24-,36-18-. The number of aliphatic hydroxyl groups is 2. The van der Waals surface area contributed by atoms with E-state index in [1.54, 1.807) is 0 Å². The zero-order valence-electron chi connectivity index (χ0n) is 52.7. The number of amides is 1. The van der Waals surface area contributed by atoms with Crippen molar-refractivity contribution in [2.45, 2.75) is 398 Å². The molecule has 78 heavy (non-hydrogen) atoms. The van der Waals surface area contributed by atoms with E-state index >= 15 is 0 Å². The summed E-state index contributed by atoms with van der Waals surface area (Å²) in [6.45, 7) is 4.97. The van der Waals surface area contributed by atoms with Gasteiger partial charge in [0.2, 0.25) is 5.91 Å². The Morgan fingerprint density at radius 1 is 0.359 bits per heavy atom. The van der Waals surface area contributed by atoms with Gasteiger partial charge in [-0.3, -0.25) is 9.59 Å². The molecule has 1 amide bonds. The third-order valence-electron chi connectivity index (χ3n) is 16.4. The van der Waals surface area contributed by atoms with Gasteiger partial charge >= 0.3 is 5.97 Å². The number of rotatable bonds is 66. The van der Waals surface area contributed by atoms with Crippen LogP contribution in [0.5, 0.6) is 0 Å². The molecule has 0 aromatic carbocycles. The SMILES string of the molecule is CCCCCCCC/C=C\CCCCCCCC(=O)OCCCCCCCCCCC/C=C\C/C=C\CCCCCCCCCCCC(=O)NC(CO)C(O)CCCCCCCCCCCCCCCCCCCCCCC. The van der Waals surface area contributed by atoms with Crippen LogP contribution < -0.4 is 5.32 Å². The lowest BCUT2D eigenvalue weighted by Gasteiger charge is -2.22. The summed E-state index contributed by atoms with van der Waals surface area (Å²) in [5.41, 5.74) is 0. The molecule has 2 unspecified atom stereocenters. The fourth-order valence-corrected chi connectivity index (χ4v) is 11.0. The van der Waals surface area contributed by atoms with E-state index < -0.39 is 12.1 Å². The van der Waals surface area contributed by atoms with Crippen molar-refractivity contribution < 1.29 is 24.5 Å². The van der Waals surface area contributed by atoms with Gasteiger partial charge in [0.05, 0.1) is 25.4 Å². The largest absolute Gasteiger partial charge is 0.466 e. The van der Waals surface area contributed by atoms with Gasteiger partial charge in [0.15, 0.2) is 0 Å². The van der Waals surface area contributed by atoms with E-state index in [1.165, 1.54) is 302 Å². The second kappa shape index (κ2) is 67.6. The summed E-state index contributed by atoms with van der Waals surface area (Å²) in [7, 11) is 0. The topological polar surface area (TPSA) is 95.9 Å². The number of carbonyl (C=O) groups excluding carboxylic acids is 2. The van der Waals surface area contributed by atoms with Crippen LogP contribution in [0.2, 0.25) is 0 Å². The fourth-order valence-electron chi connectivity index (χ4n) is 11.0. The van der Waals surface area contributed by atoms with E-state index in [0.717, 1.165) is 51.4 Å². The average molecular weight is 1100 g/mol. The molecule has 0 saturated carbocycles. The van der Waals surface area contributed by atoms with E-state index in [4.69, 9.17) is 4.74 Å². The van der Waals surface area contributed by atoms with Crippen LogP contribution in [0.4, 0.5) is 0 Å². The maximum Gasteiger partial charge on any atom is 0.305 e. The highest BCUT2D eigenvalue weighted by Gasteiger charge is 2.20. The highest BCUT2D eigenvalue weighted by molar-refractivity contribution is 5.76. The van der Waals surface area contributed by atoms with Gasteiger partial charge in [0.25, 0.3) is 0 Å². The number of unbranched alkanes of at least 4 members (excludes halogenated alkanes) is 49. The molecule has 0 aromatic rings. The maximum atomic E-state index is 12.5. The Labute approximate surface area is 487 Å². The van der Waals surface area contributed by atoms with Crippen LogP contribution in [0.15, 0.2) is 36.5 Å². The summed E-state index contributed by atoms with van der Waals surface area (Å²) in [6, 6.07) is -0.548. The van der Waals surface area contributed by atoms with Crippen LogP contribution in [0.3, 0.4) is 0 Å². The normalized spacial score (nSPS) is 12.7. The first-order valence-corrected chi connectivity index (χ1v) is 35.2. The van der Waals surface area contributed by atoms with Gasteiger partial charge in [0, 0.05) is 12.8 Å². The molecule has 0 heterocycles. The average Bonchev–Trinajstić information content (AvgIpc) is 3.44. The van der Waals surface area contributed by atoms with E-state index in [0.29, 0.717) is 25.9 Å². The Morgan fingerprint density at radius 2 is 0.641 bits per heavy atom. The van der Waals surface area contributed by atoms with Crippen molar-refractivity contribution in [1.29, 1.82) is 0 Å². The van der Waals surface area contributed by atoms with Gasteiger partial charge < -0.3 is 20.3 Å². The Balaban J connectivity index is 3.43. The molecule has 3 N–H and O–H groups in total. The quantitative estimate of drug-likeness (QED) is 0.0320. The highest BCUT2D eigenvalue weighted by Crippen LogP contribution is 2.18. The number of carbonyl (C=O) groups is 2. The smallest absolute Gasteiger partial charge is 0.305 e. The number of allylic oxidation sites excluding steroid dienone is 6. The predicted molar refractivity (Wildman–Crippen MR) is 343 cm³/mol. The second-order valence-electron chi connectivity index (χ2n) is 24.2. The number of hydrogen-bond donors (Lipinski definition) is 3. The van der Waals surface area contributed by atoms with Crippen molar-refractivity contribution >= 4 is 11.9 Å². The summed E-state index contributed by atoms with van der Waals surface area (Å²) < 4.78 is 5.48. The molecule has 0 spiro atoms. The number of aliphatic hydroxyl groups excluding tert-OH is 2. The van der Waals surface area contributed by atoms with Crippen molar-refractivity contribution in [3.63, 3.8) is 0 Å². The lowest BCUT2D eigenvalue weighted by atomic mass is 10.0. The molecular formula is C72H137NO5. The number of hydrogen-bond acceptors (Lipinski definition) is 5. The molecular weight excluding hydrogens is 959 g/mol. The monoisotopic (exact) mass is 1100 g/mol. The summed E-state index contributed by atoms with van der Waals surface area (Å²) in [5.74, 6) is -0.0358. The Bertz CT molecular complexity index is 1260. The molecule has 0 saturated heterocycles. The molecule has 0 aliphatic rings. The zero-order chi connectivity index (χ0) is 56.4. The summed E-state index contributed by atoms with van der Waals surface area (Å²) in [5, 5.41) is 23.4. The van der Waals surface area contributed by atoms with Crippen LogP contribution in [0.1, 0.15) is 386 Å². The lowest BCUT2D eigenvalue weighted by molar-refractivity contribution is -0.143. The van der Waals surface area contributed by atoms with Crippen LogP contribution in [-0.4, -0.2) is 47.4 Å². The molecule has 6 nitrogen and oxygen atoms in total. The molecule has 0 rings (SSSR count). The fraction of sp³-hybridized carbons (Fsp3) is 0.889. The van der Waals surface area contributed by atoms with Crippen molar-refractivity contribution in [1.82, 2.24) is 5.32 Å². The van der Waals surface area contributed by atoms with Gasteiger partial charge in [-0.15, -0.1) is 0 Å². The second-order valence-corrected chi connectivity index (χ2v) is 24.2. The molecule has 460 valence electrons. The summed E-state index contributed by atoms with van der Waals surface area (Å²) in [6.07, 6.45) is 86.1. The number of esters is 1. The molecule has 6 heteroatoms. The lowest BCUT2D eigenvalue weighted by Crippen LogP contribution is -2.45. The third kappa shape index (κ3) is 63.3. The molecule has 0 fully saturated rings. The zero-order valence-corrected chi connectivity index (χ0v) is 52.7.